The average Bonchev–Trinajstić information content (AvgIpc) is 2.58. The molecule has 0 bridgehead atoms. The Bertz CT molecular complexity index is 753. The molecule has 0 aromatic heterocycles. The molecular weight excluding hydrogens is 318 g/mol. The molecule has 0 saturated heterocycles. The summed E-state index contributed by atoms with van der Waals surface area (Å²) >= 11 is 0. The minimum absolute atomic E-state index is 0.197. The molecule has 0 radical (unpaired) electrons. The fourth-order valence-electron chi connectivity index (χ4n) is 2.19. The highest BCUT2D eigenvalue weighted by atomic mass is 16.5. The lowest BCUT2D eigenvalue weighted by Gasteiger charge is -2.16. The molecule has 0 saturated carbocycles. The summed E-state index contributed by atoms with van der Waals surface area (Å²) in [6, 6.07) is 15.8. The highest BCUT2D eigenvalue weighted by molar-refractivity contribution is 5.94. The van der Waals surface area contributed by atoms with Gasteiger partial charge in [-0.2, -0.15) is 0 Å². The van der Waals surface area contributed by atoms with Crippen molar-refractivity contribution in [3.05, 3.63) is 66.2 Å². The van der Waals surface area contributed by atoms with Crippen LogP contribution in [0, 0.1) is 5.92 Å². The second-order valence-corrected chi connectivity index (χ2v) is 5.89. The van der Waals surface area contributed by atoms with Gasteiger partial charge in [-0.25, -0.2) is 4.79 Å². The van der Waals surface area contributed by atoms with Gasteiger partial charge >= 0.3 is 5.97 Å². The van der Waals surface area contributed by atoms with E-state index in [0.717, 1.165) is 11.3 Å². The van der Waals surface area contributed by atoms with E-state index in [1.165, 1.54) is 6.08 Å². The Hall–Kier alpha value is -3.08. The molecule has 5 heteroatoms. The van der Waals surface area contributed by atoms with Crippen molar-refractivity contribution in [1.29, 1.82) is 0 Å². The molecule has 2 N–H and O–H groups in total. The van der Waals surface area contributed by atoms with E-state index in [9.17, 15) is 9.59 Å². The van der Waals surface area contributed by atoms with Crippen molar-refractivity contribution in [3.8, 4) is 11.5 Å². The van der Waals surface area contributed by atoms with E-state index in [2.05, 4.69) is 5.32 Å². The number of carbonyl (C=O) groups excluding carboxylic acids is 1. The fourth-order valence-corrected chi connectivity index (χ4v) is 2.19. The van der Waals surface area contributed by atoms with Gasteiger partial charge in [0.2, 0.25) is 5.91 Å². The standard InChI is InChI=1S/C20H21NO4/c1-14(2)19(20(23)24)21-18(22)12-11-15-7-6-10-17(13-15)25-16-8-4-3-5-9-16/h3-14,19H,1-2H3,(H,21,22)(H,23,24)/b12-11+/t19-/m1/s1. The quantitative estimate of drug-likeness (QED) is 0.754. The van der Waals surface area contributed by atoms with Gasteiger partial charge in [-0.15, -0.1) is 0 Å². The number of ether oxygens (including phenoxy) is 1. The van der Waals surface area contributed by atoms with Gasteiger partial charge in [0, 0.05) is 6.08 Å². The molecule has 2 rings (SSSR count). The zero-order valence-corrected chi connectivity index (χ0v) is 14.2. The molecule has 2 aromatic carbocycles. The molecule has 0 aliphatic rings. The third-order valence-electron chi connectivity index (χ3n) is 3.49. The summed E-state index contributed by atoms with van der Waals surface area (Å²) in [4.78, 5) is 23.0. The number of amides is 1. The molecule has 0 aliphatic carbocycles. The van der Waals surface area contributed by atoms with Crippen molar-refractivity contribution < 1.29 is 19.4 Å². The van der Waals surface area contributed by atoms with Gasteiger partial charge in [0.1, 0.15) is 17.5 Å². The van der Waals surface area contributed by atoms with Crippen LogP contribution in [0.4, 0.5) is 0 Å². The molecular formula is C20H21NO4. The van der Waals surface area contributed by atoms with E-state index in [1.54, 1.807) is 26.0 Å². The summed E-state index contributed by atoms with van der Waals surface area (Å²) in [7, 11) is 0. The van der Waals surface area contributed by atoms with Crippen molar-refractivity contribution in [2.75, 3.05) is 0 Å². The van der Waals surface area contributed by atoms with Gasteiger partial charge in [-0.1, -0.05) is 44.2 Å². The summed E-state index contributed by atoms with van der Waals surface area (Å²) in [5.74, 6) is -0.315. The fraction of sp³-hybridized carbons (Fsp3) is 0.200. The van der Waals surface area contributed by atoms with Gasteiger partial charge in [-0.3, -0.25) is 4.79 Å². The molecule has 130 valence electrons. The smallest absolute Gasteiger partial charge is 0.326 e. The number of hydrogen-bond acceptors (Lipinski definition) is 3. The Morgan fingerprint density at radius 1 is 1.04 bits per heavy atom. The van der Waals surface area contributed by atoms with Crippen molar-refractivity contribution in [2.24, 2.45) is 5.92 Å². The zero-order valence-electron chi connectivity index (χ0n) is 14.2. The molecule has 0 spiro atoms. The van der Waals surface area contributed by atoms with Crippen LogP contribution in [0.15, 0.2) is 60.7 Å². The van der Waals surface area contributed by atoms with Crippen molar-refractivity contribution in [1.82, 2.24) is 5.32 Å². The number of carboxylic acids is 1. The highest BCUT2D eigenvalue weighted by Crippen LogP contribution is 2.22. The predicted octanol–water partition coefficient (Wildman–Crippen LogP) is 3.72. The molecule has 0 heterocycles. The Labute approximate surface area is 146 Å². The van der Waals surface area contributed by atoms with Gasteiger partial charge in [-0.05, 0) is 41.8 Å². The zero-order chi connectivity index (χ0) is 18.2. The lowest BCUT2D eigenvalue weighted by atomic mass is 10.0. The van der Waals surface area contributed by atoms with Gasteiger partial charge in [0.05, 0.1) is 0 Å². The molecule has 0 aliphatic heterocycles. The van der Waals surface area contributed by atoms with Gasteiger partial charge in [0.25, 0.3) is 0 Å². The maximum atomic E-state index is 11.9. The van der Waals surface area contributed by atoms with Gasteiger partial charge in [0.15, 0.2) is 0 Å². The molecule has 0 fully saturated rings. The Balaban J connectivity index is 2.02. The summed E-state index contributed by atoms with van der Waals surface area (Å²) in [5, 5.41) is 11.6. The van der Waals surface area contributed by atoms with Crippen LogP contribution in [0.25, 0.3) is 6.08 Å². The minimum Gasteiger partial charge on any atom is -0.480 e. The largest absolute Gasteiger partial charge is 0.480 e. The number of hydrogen-bond donors (Lipinski definition) is 2. The first-order chi connectivity index (χ1) is 12.0. The van der Waals surface area contributed by atoms with Crippen LogP contribution in [0.3, 0.4) is 0 Å². The van der Waals surface area contributed by atoms with E-state index in [1.807, 2.05) is 48.5 Å². The van der Waals surface area contributed by atoms with Crippen LogP contribution >= 0.6 is 0 Å². The molecule has 0 unspecified atom stereocenters. The highest BCUT2D eigenvalue weighted by Gasteiger charge is 2.22. The minimum atomic E-state index is -1.05. The first-order valence-electron chi connectivity index (χ1n) is 8.00. The Morgan fingerprint density at radius 3 is 2.36 bits per heavy atom. The van der Waals surface area contributed by atoms with Crippen LogP contribution < -0.4 is 10.1 Å². The number of para-hydroxylation sites is 1. The van der Waals surface area contributed by atoms with Crippen LogP contribution in [0.1, 0.15) is 19.4 Å². The number of benzene rings is 2. The molecule has 5 nitrogen and oxygen atoms in total. The maximum Gasteiger partial charge on any atom is 0.326 e. The van der Waals surface area contributed by atoms with E-state index >= 15 is 0 Å². The molecule has 25 heavy (non-hydrogen) atoms. The average molecular weight is 339 g/mol. The number of aliphatic carboxylic acids is 1. The molecule has 1 atom stereocenters. The second-order valence-electron chi connectivity index (χ2n) is 5.89. The van der Waals surface area contributed by atoms with Crippen LogP contribution in [0.5, 0.6) is 11.5 Å². The number of nitrogens with one attached hydrogen (secondary N) is 1. The van der Waals surface area contributed by atoms with E-state index < -0.39 is 17.9 Å². The van der Waals surface area contributed by atoms with Crippen molar-refractivity contribution in [3.63, 3.8) is 0 Å². The predicted molar refractivity (Wildman–Crippen MR) is 96.4 cm³/mol. The SMILES string of the molecule is CC(C)[C@@H](NC(=O)/C=C/c1cccc(Oc2ccccc2)c1)C(=O)O. The Kier molecular flexibility index (Phi) is 6.34. The third-order valence-corrected chi connectivity index (χ3v) is 3.49. The van der Waals surface area contributed by atoms with Crippen LogP contribution in [0.2, 0.25) is 0 Å². The van der Waals surface area contributed by atoms with Crippen molar-refractivity contribution >= 4 is 18.0 Å². The summed E-state index contributed by atoms with van der Waals surface area (Å²) < 4.78 is 5.74. The lowest BCUT2D eigenvalue weighted by Crippen LogP contribution is -2.43. The number of rotatable bonds is 7. The van der Waals surface area contributed by atoms with Crippen LogP contribution in [-0.4, -0.2) is 23.0 Å². The lowest BCUT2D eigenvalue weighted by molar-refractivity contribution is -0.142. The maximum absolute atomic E-state index is 11.9. The first-order valence-corrected chi connectivity index (χ1v) is 8.00. The van der Waals surface area contributed by atoms with E-state index in [-0.39, 0.29) is 5.92 Å². The second kappa shape index (κ2) is 8.68. The topological polar surface area (TPSA) is 75.6 Å². The number of carboxylic acid groups (broad SMARTS) is 1. The summed E-state index contributed by atoms with van der Waals surface area (Å²) in [6.07, 6.45) is 2.94. The summed E-state index contributed by atoms with van der Waals surface area (Å²) in [6.45, 7) is 3.49. The Morgan fingerprint density at radius 2 is 1.72 bits per heavy atom. The monoisotopic (exact) mass is 339 g/mol. The normalized spacial score (nSPS) is 12.1. The van der Waals surface area contributed by atoms with E-state index in [4.69, 9.17) is 9.84 Å². The third kappa shape index (κ3) is 5.80. The van der Waals surface area contributed by atoms with Gasteiger partial charge < -0.3 is 15.2 Å². The van der Waals surface area contributed by atoms with E-state index in [0.29, 0.717) is 5.75 Å². The summed E-state index contributed by atoms with van der Waals surface area (Å²) in [5.41, 5.74) is 0.778. The molecule has 1 amide bonds. The van der Waals surface area contributed by atoms with Crippen LogP contribution in [-0.2, 0) is 9.59 Å². The molecule has 2 aromatic rings. The first kappa shape index (κ1) is 18.3. The van der Waals surface area contributed by atoms with Crippen molar-refractivity contribution in [2.45, 2.75) is 19.9 Å². The number of carbonyl (C=O) groups is 2.